The molecule has 4 aromatic rings. The van der Waals surface area contributed by atoms with Crippen LogP contribution in [0.5, 0.6) is 0 Å². The fourth-order valence-corrected chi connectivity index (χ4v) is 4.36. The maximum Gasteiger partial charge on any atom is 0.333 e. The first kappa shape index (κ1) is 21.4. The molecule has 0 bridgehead atoms. The van der Waals surface area contributed by atoms with Crippen molar-refractivity contribution in [1.82, 2.24) is 19.9 Å². The largest absolute Gasteiger partial charge is 0.347 e. The van der Waals surface area contributed by atoms with Crippen molar-refractivity contribution in [2.24, 2.45) is 0 Å². The van der Waals surface area contributed by atoms with Gasteiger partial charge in [0.15, 0.2) is 0 Å². The third-order valence-corrected chi connectivity index (χ3v) is 6.18. The molecule has 7 nitrogen and oxygen atoms in total. The van der Waals surface area contributed by atoms with Gasteiger partial charge in [0.1, 0.15) is 16.4 Å². The molecule has 0 spiro atoms. The van der Waals surface area contributed by atoms with Crippen LogP contribution in [0.2, 0.25) is 0 Å². The Labute approximate surface area is 186 Å². The van der Waals surface area contributed by atoms with Crippen LogP contribution in [0.1, 0.15) is 26.5 Å². The Kier molecular flexibility index (Phi) is 5.83. The number of hydrogen-bond donors (Lipinski definition) is 2. The van der Waals surface area contributed by atoms with Crippen LogP contribution < -0.4 is 16.6 Å². The zero-order valence-electron chi connectivity index (χ0n) is 17.3. The first-order valence-electron chi connectivity index (χ1n) is 9.77. The summed E-state index contributed by atoms with van der Waals surface area (Å²) in [6.07, 6.45) is 1.04. The molecule has 0 radical (unpaired) electrons. The van der Waals surface area contributed by atoms with E-state index in [9.17, 15) is 18.8 Å². The van der Waals surface area contributed by atoms with Crippen molar-refractivity contribution in [3.63, 3.8) is 0 Å². The molecule has 0 atom stereocenters. The molecule has 0 unspecified atom stereocenters. The summed E-state index contributed by atoms with van der Waals surface area (Å²) in [7, 11) is 0. The van der Waals surface area contributed by atoms with Crippen LogP contribution in [0.4, 0.5) is 4.39 Å². The summed E-state index contributed by atoms with van der Waals surface area (Å²) in [5, 5.41) is 3.53. The van der Waals surface area contributed by atoms with Gasteiger partial charge in [-0.3, -0.25) is 9.59 Å². The minimum absolute atomic E-state index is 0.159. The van der Waals surface area contributed by atoms with Crippen LogP contribution in [0.3, 0.4) is 0 Å². The number of nitrogens with zero attached hydrogens (tertiary/aromatic N) is 2. The highest BCUT2D eigenvalue weighted by Gasteiger charge is 2.18. The number of carbonyl (C=O) groups is 1. The summed E-state index contributed by atoms with van der Waals surface area (Å²) in [5.41, 5.74) is 0.628. The van der Waals surface area contributed by atoms with E-state index < -0.39 is 23.0 Å². The lowest BCUT2D eigenvalue weighted by Crippen LogP contribution is -2.39. The molecule has 2 aromatic carbocycles. The fraction of sp³-hybridized carbons (Fsp3) is 0.130. The minimum Gasteiger partial charge on any atom is -0.347 e. The summed E-state index contributed by atoms with van der Waals surface area (Å²) in [6, 6.07) is 13.3. The van der Waals surface area contributed by atoms with E-state index in [0.717, 1.165) is 39.0 Å². The first-order chi connectivity index (χ1) is 15.4. The molecule has 0 aliphatic heterocycles. The number of amides is 1. The van der Waals surface area contributed by atoms with Gasteiger partial charge in [0.2, 0.25) is 0 Å². The number of carbonyl (C=O) groups excluding carboxylic acids is 1. The van der Waals surface area contributed by atoms with Crippen LogP contribution in [-0.2, 0) is 6.54 Å². The second-order valence-electron chi connectivity index (χ2n) is 7.12. The zero-order chi connectivity index (χ0) is 22.8. The molecule has 2 heterocycles. The Hall–Kier alpha value is -3.85. The quantitative estimate of drug-likeness (QED) is 0.487. The van der Waals surface area contributed by atoms with Crippen LogP contribution in [0.25, 0.3) is 16.3 Å². The SMILES string of the molecule is Cc1ccccc1-c1nc(C)c(CNC(=O)c2c[nH]c(=O)n(-c3ccccc3F)c2=O)s1. The highest BCUT2D eigenvalue weighted by atomic mass is 32.1. The van der Waals surface area contributed by atoms with Gasteiger partial charge in [-0.05, 0) is 31.5 Å². The number of aryl methyl sites for hydroxylation is 2. The lowest BCUT2D eigenvalue weighted by atomic mass is 10.1. The van der Waals surface area contributed by atoms with Gasteiger partial charge in [0, 0.05) is 16.6 Å². The van der Waals surface area contributed by atoms with Crippen LogP contribution in [0.15, 0.2) is 64.3 Å². The summed E-state index contributed by atoms with van der Waals surface area (Å²) >= 11 is 1.46. The molecular formula is C23H19FN4O3S. The molecule has 1 amide bonds. The highest BCUT2D eigenvalue weighted by Crippen LogP contribution is 2.30. The van der Waals surface area contributed by atoms with Gasteiger partial charge in [0.05, 0.1) is 17.9 Å². The van der Waals surface area contributed by atoms with Gasteiger partial charge in [-0.25, -0.2) is 18.7 Å². The second kappa shape index (κ2) is 8.72. The summed E-state index contributed by atoms with van der Waals surface area (Å²) in [5.74, 6) is -1.43. The van der Waals surface area contributed by atoms with E-state index in [0.29, 0.717) is 4.57 Å². The van der Waals surface area contributed by atoms with E-state index in [1.54, 1.807) is 0 Å². The average molecular weight is 450 g/mol. The predicted molar refractivity (Wildman–Crippen MR) is 121 cm³/mol. The third kappa shape index (κ3) is 4.02. The van der Waals surface area contributed by atoms with E-state index in [1.165, 1.54) is 29.5 Å². The minimum atomic E-state index is -0.905. The topological polar surface area (TPSA) is 96.8 Å². The van der Waals surface area contributed by atoms with Gasteiger partial charge in [-0.1, -0.05) is 36.4 Å². The van der Waals surface area contributed by atoms with Crippen molar-refractivity contribution in [1.29, 1.82) is 0 Å². The molecule has 2 aromatic heterocycles. The molecule has 0 saturated heterocycles. The molecule has 2 N–H and O–H groups in total. The van der Waals surface area contributed by atoms with Gasteiger partial charge in [-0.2, -0.15) is 0 Å². The van der Waals surface area contributed by atoms with Crippen LogP contribution in [-0.4, -0.2) is 20.4 Å². The van der Waals surface area contributed by atoms with E-state index in [-0.39, 0.29) is 17.8 Å². The molecule has 9 heteroatoms. The Balaban J connectivity index is 1.59. The Bertz CT molecular complexity index is 1440. The molecule has 0 aliphatic rings. The van der Waals surface area contributed by atoms with Gasteiger partial charge in [-0.15, -0.1) is 11.3 Å². The maximum absolute atomic E-state index is 14.1. The van der Waals surface area contributed by atoms with Gasteiger partial charge < -0.3 is 10.3 Å². The standard InChI is InChI=1S/C23H19FN4O3S/c1-13-7-3-4-8-15(13)21-27-14(2)19(32-21)12-25-20(29)16-11-26-23(31)28(22(16)30)18-10-6-5-9-17(18)24/h3-11H,12H2,1-2H3,(H,25,29)(H,26,31). The number of thiazole rings is 1. The summed E-state index contributed by atoms with van der Waals surface area (Å²) in [6.45, 7) is 4.02. The first-order valence-corrected chi connectivity index (χ1v) is 10.6. The van der Waals surface area contributed by atoms with Crippen molar-refractivity contribution in [3.05, 3.63) is 103 Å². The lowest BCUT2D eigenvalue weighted by molar-refractivity contribution is 0.0949. The number of para-hydroxylation sites is 1. The Morgan fingerprint density at radius 1 is 1.12 bits per heavy atom. The summed E-state index contributed by atoms with van der Waals surface area (Å²) in [4.78, 5) is 45.4. The van der Waals surface area contributed by atoms with Crippen LogP contribution in [0, 0.1) is 19.7 Å². The van der Waals surface area contributed by atoms with Crippen molar-refractivity contribution in [2.75, 3.05) is 0 Å². The van der Waals surface area contributed by atoms with Crippen molar-refractivity contribution >= 4 is 17.2 Å². The normalized spacial score (nSPS) is 10.8. The number of rotatable bonds is 5. The number of aromatic nitrogens is 3. The molecule has 0 aliphatic carbocycles. The molecule has 0 saturated carbocycles. The Morgan fingerprint density at radius 2 is 1.84 bits per heavy atom. The lowest BCUT2D eigenvalue weighted by Gasteiger charge is -2.08. The number of hydrogen-bond acceptors (Lipinski definition) is 5. The molecule has 4 rings (SSSR count). The highest BCUT2D eigenvalue weighted by molar-refractivity contribution is 7.15. The van der Waals surface area contributed by atoms with E-state index in [1.807, 2.05) is 38.1 Å². The van der Waals surface area contributed by atoms with E-state index >= 15 is 0 Å². The smallest absolute Gasteiger partial charge is 0.333 e. The number of benzene rings is 2. The van der Waals surface area contributed by atoms with Crippen LogP contribution >= 0.6 is 11.3 Å². The van der Waals surface area contributed by atoms with Gasteiger partial charge in [0.25, 0.3) is 11.5 Å². The second-order valence-corrected chi connectivity index (χ2v) is 8.21. The fourth-order valence-electron chi connectivity index (χ4n) is 3.26. The molecule has 32 heavy (non-hydrogen) atoms. The predicted octanol–water partition coefficient (Wildman–Crippen LogP) is 3.34. The number of H-pyrrole nitrogens is 1. The van der Waals surface area contributed by atoms with Gasteiger partial charge >= 0.3 is 5.69 Å². The third-order valence-electron chi connectivity index (χ3n) is 4.99. The molecular weight excluding hydrogens is 431 g/mol. The molecule has 0 fully saturated rings. The number of nitrogens with one attached hydrogen (secondary N) is 2. The van der Waals surface area contributed by atoms with Crippen molar-refractivity contribution in [3.8, 4) is 16.3 Å². The molecule has 162 valence electrons. The number of aromatic amines is 1. The van der Waals surface area contributed by atoms with E-state index in [2.05, 4.69) is 15.3 Å². The average Bonchev–Trinajstić information content (AvgIpc) is 3.14. The zero-order valence-corrected chi connectivity index (χ0v) is 18.1. The summed E-state index contributed by atoms with van der Waals surface area (Å²) < 4.78 is 14.7. The van der Waals surface area contributed by atoms with Crippen molar-refractivity contribution < 1.29 is 9.18 Å². The number of halogens is 1. The van der Waals surface area contributed by atoms with E-state index in [4.69, 9.17) is 0 Å². The monoisotopic (exact) mass is 450 g/mol. The van der Waals surface area contributed by atoms with Crippen molar-refractivity contribution in [2.45, 2.75) is 20.4 Å². The maximum atomic E-state index is 14.1. The Morgan fingerprint density at radius 3 is 2.59 bits per heavy atom.